The second-order valence-corrected chi connectivity index (χ2v) is 4.76. The van der Waals surface area contributed by atoms with Gasteiger partial charge in [0.15, 0.2) is 5.82 Å². The van der Waals surface area contributed by atoms with E-state index in [1.54, 1.807) is 0 Å². The lowest BCUT2D eigenvalue weighted by atomic mass is 10.1. The molecule has 0 unspecified atom stereocenters. The first-order valence-corrected chi connectivity index (χ1v) is 5.86. The summed E-state index contributed by atoms with van der Waals surface area (Å²) in [5, 5.41) is 7.84. The van der Waals surface area contributed by atoms with Crippen molar-refractivity contribution in [2.45, 2.75) is 52.2 Å². The summed E-state index contributed by atoms with van der Waals surface area (Å²) in [4.78, 5) is 4.28. The van der Waals surface area contributed by atoms with Crippen LogP contribution in [0.3, 0.4) is 0 Å². The minimum absolute atomic E-state index is 0.724. The molecule has 1 heterocycles. The van der Waals surface area contributed by atoms with Crippen molar-refractivity contribution in [3.05, 3.63) is 12.2 Å². The first-order chi connectivity index (χ1) is 7.24. The summed E-state index contributed by atoms with van der Waals surface area (Å²) < 4.78 is 1.95. The Morgan fingerprint density at radius 3 is 3.00 bits per heavy atom. The van der Waals surface area contributed by atoms with E-state index in [-0.39, 0.29) is 0 Å². The van der Waals surface area contributed by atoms with Gasteiger partial charge in [-0.15, -0.1) is 0 Å². The third kappa shape index (κ3) is 3.63. The summed E-state index contributed by atoms with van der Waals surface area (Å²) in [6.07, 6.45) is 5.63. The molecule has 0 spiro atoms. The summed E-state index contributed by atoms with van der Waals surface area (Å²) >= 11 is 0. The molecular weight excluding hydrogens is 188 g/mol. The third-order valence-corrected chi connectivity index (χ3v) is 2.65. The van der Waals surface area contributed by atoms with Gasteiger partial charge < -0.3 is 5.32 Å². The van der Waals surface area contributed by atoms with Gasteiger partial charge in [0.1, 0.15) is 6.33 Å². The third-order valence-electron chi connectivity index (χ3n) is 2.65. The first-order valence-electron chi connectivity index (χ1n) is 5.86. The van der Waals surface area contributed by atoms with E-state index in [9.17, 15) is 0 Å². The van der Waals surface area contributed by atoms with Crippen LogP contribution in [0.15, 0.2) is 6.33 Å². The van der Waals surface area contributed by atoms with E-state index in [2.05, 4.69) is 29.2 Å². The Hall–Kier alpha value is -0.900. The zero-order valence-electron chi connectivity index (χ0n) is 9.61. The Morgan fingerprint density at radius 2 is 2.33 bits per heavy atom. The minimum Gasteiger partial charge on any atom is -0.307 e. The van der Waals surface area contributed by atoms with Crippen LogP contribution in [0.4, 0.5) is 0 Å². The van der Waals surface area contributed by atoms with Gasteiger partial charge in [0.25, 0.3) is 0 Å². The van der Waals surface area contributed by atoms with E-state index in [0.717, 1.165) is 30.9 Å². The number of nitrogens with zero attached hydrogens (tertiary/aromatic N) is 3. The Labute approximate surface area is 91.1 Å². The van der Waals surface area contributed by atoms with Gasteiger partial charge in [-0.3, -0.25) is 4.68 Å². The van der Waals surface area contributed by atoms with Gasteiger partial charge >= 0.3 is 0 Å². The average molecular weight is 208 g/mol. The van der Waals surface area contributed by atoms with Crippen LogP contribution < -0.4 is 5.32 Å². The maximum absolute atomic E-state index is 4.42. The van der Waals surface area contributed by atoms with Gasteiger partial charge in [-0.05, 0) is 25.2 Å². The van der Waals surface area contributed by atoms with E-state index < -0.39 is 0 Å². The molecule has 15 heavy (non-hydrogen) atoms. The number of nitrogens with one attached hydrogen (secondary N) is 1. The standard InChI is InChI=1S/C11H20N4/c1-9(2)5-6-15-8-13-11(14-15)7-12-10-3-4-10/h8-10,12H,3-7H2,1-2H3. The SMILES string of the molecule is CC(C)CCn1cnc(CNC2CC2)n1. The predicted molar refractivity (Wildman–Crippen MR) is 59.3 cm³/mol. The number of hydrogen-bond acceptors (Lipinski definition) is 3. The lowest BCUT2D eigenvalue weighted by Crippen LogP contribution is -2.16. The molecule has 2 rings (SSSR count). The largest absolute Gasteiger partial charge is 0.307 e. The molecule has 0 saturated heterocycles. The zero-order chi connectivity index (χ0) is 10.7. The first kappa shape index (κ1) is 10.6. The Kier molecular flexibility index (Phi) is 3.36. The van der Waals surface area contributed by atoms with E-state index in [0.29, 0.717) is 0 Å². The van der Waals surface area contributed by atoms with Gasteiger partial charge in [0.2, 0.25) is 0 Å². The zero-order valence-corrected chi connectivity index (χ0v) is 9.61. The van der Waals surface area contributed by atoms with Gasteiger partial charge in [-0.1, -0.05) is 13.8 Å². The highest BCUT2D eigenvalue weighted by molar-refractivity contribution is 4.86. The summed E-state index contributed by atoms with van der Waals surface area (Å²) in [6, 6.07) is 0.729. The van der Waals surface area contributed by atoms with Crippen molar-refractivity contribution in [1.29, 1.82) is 0 Å². The normalized spacial score (nSPS) is 16.2. The molecule has 4 heteroatoms. The van der Waals surface area contributed by atoms with E-state index in [1.807, 2.05) is 11.0 Å². The number of rotatable bonds is 6. The molecule has 1 aromatic heterocycles. The lowest BCUT2D eigenvalue weighted by Gasteiger charge is -2.03. The lowest BCUT2D eigenvalue weighted by molar-refractivity contribution is 0.482. The van der Waals surface area contributed by atoms with Gasteiger partial charge in [0.05, 0.1) is 6.54 Å². The van der Waals surface area contributed by atoms with Crippen LogP contribution >= 0.6 is 0 Å². The molecule has 0 bridgehead atoms. The Balaban J connectivity index is 1.75. The van der Waals surface area contributed by atoms with Crippen molar-refractivity contribution in [2.24, 2.45) is 5.92 Å². The molecule has 0 radical (unpaired) electrons. The molecule has 0 atom stereocenters. The molecule has 84 valence electrons. The highest BCUT2D eigenvalue weighted by atomic mass is 15.3. The fraction of sp³-hybridized carbons (Fsp3) is 0.818. The topological polar surface area (TPSA) is 42.7 Å². The fourth-order valence-electron chi connectivity index (χ4n) is 1.44. The van der Waals surface area contributed by atoms with Crippen LogP contribution in [0.1, 0.15) is 38.9 Å². The van der Waals surface area contributed by atoms with Crippen LogP contribution in [0, 0.1) is 5.92 Å². The van der Waals surface area contributed by atoms with Crippen molar-refractivity contribution >= 4 is 0 Å². The van der Waals surface area contributed by atoms with Crippen LogP contribution in [0.5, 0.6) is 0 Å². The fourth-order valence-corrected chi connectivity index (χ4v) is 1.44. The highest BCUT2D eigenvalue weighted by Gasteiger charge is 2.20. The molecule has 0 aliphatic heterocycles. The Bertz CT molecular complexity index is 281. The second-order valence-electron chi connectivity index (χ2n) is 4.76. The molecule has 1 fully saturated rings. The van der Waals surface area contributed by atoms with E-state index in [1.165, 1.54) is 19.3 Å². The monoisotopic (exact) mass is 208 g/mol. The predicted octanol–water partition coefficient (Wildman–Crippen LogP) is 1.58. The van der Waals surface area contributed by atoms with Crippen LogP contribution in [-0.2, 0) is 13.1 Å². The minimum atomic E-state index is 0.724. The average Bonchev–Trinajstić information content (AvgIpc) is 2.92. The molecule has 1 saturated carbocycles. The molecular formula is C11H20N4. The second kappa shape index (κ2) is 4.75. The van der Waals surface area contributed by atoms with Gasteiger partial charge in [-0.2, -0.15) is 5.10 Å². The molecule has 1 aliphatic carbocycles. The summed E-state index contributed by atoms with van der Waals surface area (Å²) in [5.74, 6) is 1.65. The maximum atomic E-state index is 4.42. The van der Waals surface area contributed by atoms with Crippen molar-refractivity contribution in [1.82, 2.24) is 20.1 Å². The van der Waals surface area contributed by atoms with Gasteiger partial charge in [-0.25, -0.2) is 4.98 Å². The smallest absolute Gasteiger partial charge is 0.164 e. The quantitative estimate of drug-likeness (QED) is 0.771. The number of aromatic nitrogens is 3. The van der Waals surface area contributed by atoms with Crippen molar-refractivity contribution in [3.8, 4) is 0 Å². The van der Waals surface area contributed by atoms with Gasteiger partial charge in [0, 0.05) is 12.6 Å². The number of aryl methyl sites for hydroxylation is 1. The summed E-state index contributed by atoms with van der Waals surface area (Å²) in [5.41, 5.74) is 0. The summed E-state index contributed by atoms with van der Waals surface area (Å²) in [7, 11) is 0. The molecule has 1 N–H and O–H groups in total. The molecule has 1 aromatic rings. The van der Waals surface area contributed by atoms with Crippen LogP contribution in [0.2, 0.25) is 0 Å². The van der Waals surface area contributed by atoms with Crippen molar-refractivity contribution in [3.63, 3.8) is 0 Å². The number of hydrogen-bond donors (Lipinski definition) is 1. The van der Waals surface area contributed by atoms with E-state index >= 15 is 0 Å². The van der Waals surface area contributed by atoms with E-state index in [4.69, 9.17) is 0 Å². The maximum Gasteiger partial charge on any atom is 0.164 e. The van der Waals surface area contributed by atoms with Crippen molar-refractivity contribution in [2.75, 3.05) is 0 Å². The van der Waals surface area contributed by atoms with Crippen LogP contribution in [0.25, 0.3) is 0 Å². The molecule has 4 nitrogen and oxygen atoms in total. The summed E-state index contributed by atoms with van der Waals surface area (Å²) in [6.45, 7) is 6.26. The van der Waals surface area contributed by atoms with Crippen LogP contribution in [-0.4, -0.2) is 20.8 Å². The molecule has 0 amide bonds. The molecule has 0 aromatic carbocycles. The highest BCUT2D eigenvalue weighted by Crippen LogP contribution is 2.18. The Morgan fingerprint density at radius 1 is 1.53 bits per heavy atom. The molecule has 1 aliphatic rings. The van der Waals surface area contributed by atoms with Crippen molar-refractivity contribution < 1.29 is 0 Å².